The van der Waals surface area contributed by atoms with Crippen LogP contribution in [0.5, 0.6) is 0 Å². The fourth-order valence-electron chi connectivity index (χ4n) is 2.37. The number of benzene rings is 1. The van der Waals surface area contributed by atoms with Crippen LogP contribution in [0.1, 0.15) is 36.6 Å². The summed E-state index contributed by atoms with van der Waals surface area (Å²) >= 11 is 0. The van der Waals surface area contributed by atoms with Gasteiger partial charge in [0, 0.05) is 12.1 Å². The van der Waals surface area contributed by atoms with Crippen LogP contribution in [0.25, 0.3) is 0 Å². The van der Waals surface area contributed by atoms with Gasteiger partial charge in [0.1, 0.15) is 0 Å². The molecule has 0 saturated carbocycles. The standard InChI is InChI=1S/C13H20N2O2/c1-13(7-16,8-17)15-12-6-11(14)9-4-2-3-5-10(9)12/h2-5,11-12,15-17H,6-8,14H2,1H3. The van der Waals surface area contributed by atoms with Gasteiger partial charge in [-0.25, -0.2) is 0 Å². The second kappa shape index (κ2) is 4.74. The molecule has 1 aromatic carbocycles. The number of nitrogens with one attached hydrogen (secondary N) is 1. The summed E-state index contributed by atoms with van der Waals surface area (Å²) in [7, 11) is 0. The summed E-state index contributed by atoms with van der Waals surface area (Å²) in [5.41, 5.74) is 7.74. The highest BCUT2D eigenvalue weighted by Gasteiger charge is 2.33. The van der Waals surface area contributed by atoms with Gasteiger partial charge in [-0.15, -0.1) is 0 Å². The number of fused-ring (bicyclic) bond motifs is 1. The van der Waals surface area contributed by atoms with Crippen molar-refractivity contribution >= 4 is 0 Å². The summed E-state index contributed by atoms with van der Waals surface area (Å²) in [5.74, 6) is 0. The molecule has 1 aliphatic carbocycles. The molecule has 4 nitrogen and oxygen atoms in total. The first-order valence-corrected chi connectivity index (χ1v) is 5.93. The summed E-state index contributed by atoms with van der Waals surface area (Å²) in [6.07, 6.45) is 0.801. The molecule has 0 fully saturated rings. The first-order chi connectivity index (χ1) is 8.09. The summed E-state index contributed by atoms with van der Waals surface area (Å²) in [5, 5.41) is 21.9. The lowest BCUT2D eigenvalue weighted by molar-refractivity contribution is 0.0933. The van der Waals surface area contributed by atoms with Gasteiger partial charge in [0.25, 0.3) is 0 Å². The maximum absolute atomic E-state index is 9.31. The smallest absolute Gasteiger partial charge is 0.0633 e. The van der Waals surface area contributed by atoms with Crippen molar-refractivity contribution < 1.29 is 10.2 Å². The van der Waals surface area contributed by atoms with E-state index in [1.165, 1.54) is 5.56 Å². The van der Waals surface area contributed by atoms with Crippen LogP contribution in [0, 0.1) is 0 Å². The molecular formula is C13H20N2O2. The van der Waals surface area contributed by atoms with E-state index in [1.807, 2.05) is 18.2 Å². The quantitative estimate of drug-likeness (QED) is 0.612. The molecule has 0 aromatic heterocycles. The van der Waals surface area contributed by atoms with E-state index in [1.54, 1.807) is 6.92 Å². The SMILES string of the molecule is CC(CO)(CO)NC1CC(N)c2ccccc21. The highest BCUT2D eigenvalue weighted by Crippen LogP contribution is 2.37. The Morgan fingerprint density at radius 1 is 1.29 bits per heavy atom. The van der Waals surface area contributed by atoms with E-state index < -0.39 is 5.54 Å². The Labute approximate surface area is 101 Å². The van der Waals surface area contributed by atoms with E-state index in [4.69, 9.17) is 5.73 Å². The Hall–Kier alpha value is -0.940. The Morgan fingerprint density at radius 3 is 2.47 bits per heavy atom. The molecule has 0 aliphatic heterocycles. The fourth-order valence-corrected chi connectivity index (χ4v) is 2.37. The van der Waals surface area contributed by atoms with Gasteiger partial charge >= 0.3 is 0 Å². The second-order valence-corrected chi connectivity index (χ2v) is 5.04. The number of aliphatic hydroxyl groups excluding tert-OH is 2. The summed E-state index contributed by atoms with van der Waals surface area (Å²) < 4.78 is 0. The lowest BCUT2D eigenvalue weighted by Crippen LogP contribution is -2.50. The summed E-state index contributed by atoms with van der Waals surface area (Å²) in [6, 6.07) is 8.20. The van der Waals surface area contributed by atoms with Crippen molar-refractivity contribution in [2.45, 2.75) is 31.0 Å². The molecule has 2 atom stereocenters. The number of hydrogen-bond donors (Lipinski definition) is 4. The third kappa shape index (κ3) is 2.35. The number of nitrogens with two attached hydrogens (primary N) is 1. The van der Waals surface area contributed by atoms with Crippen molar-refractivity contribution in [3.8, 4) is 0 Å². The maximum atomic E-state index is 9.31. The third-order valence-corrected chi connectivity index (χ3v) is 3.48. The molecule has 0 amide bonds. The van der Waals surface area contributed by atoms with Gasteiger partial charge < -0.3 is 21.3 Å². The van der Waals surface area contributed by atoms with Crippen LogP contribution in [-0.4, -0.2) is 29.0 Å². The monoisotopic (exact) mass is 236 g/mol. The highest BCUT2D eigenvalue weighted by atomic mass is 16.3. The minimum atomic E-state index is -0.665. The first-order valence-electron chi connectivity index (χ1n) is 5.93. The molecule has 5 N–H and O–H groups in total. The Morgan fingerprint density at radius 2 is 1.88 bits per heavy atom. The van der Waals surface area contributed by atoms with E-state index in [9.17, 15) is 10.2 Å². The molecule has 0 heterocycles. The van der Waals surface area contributed by atoms with Crippen LogP contribution in [0.15, 0.2) is 24.3 Å². The van der Waals surface area contributed by atoms with Gasteiger partial charge in [-0.2, -0.15) is 0 Å². The summed E-state index contributed by atoms with van der Waals surface area (Å²) in [4.78, 5) is 0. The minimum absolute atomic E-state index is 0.0327. The molecule has 94 valence electrons. The van der Waals surface area contributed by atoms with Gasteiger partial charge in [-0.3, -0.25) is 0 Å². The van der Waals surface area contributed by atoms with Gasteiger partial charge in [0.2, 0.25) is 0 Å². The number of hydrogen-bond acceptors (Lipinski definition) is 4. The van der Waals surface area contributed by atoms with Crippen LogP contribution < -0.4 is 11.1 Å². The van der Waals surface area contributed by atoms with E-state index >= 15 is 0 Å². The number of aliphatic hydroxyl groups is 2. The highest BCUT2D eigenvalue weighted by molar-refractivity contribution is 5.37. The predicted octanol–water partition coefficient (Wildman–Crippen LogP) is 0.464. The van der Waals surface area contributed by atoms with Crippen molar-refractivity contribution in [1.29, 1.82) is 0 Å². The molecule has 2 unspecified atom stereocenters. The first kappa shape index (κ1) is 12.5. The van der Waals surface area contributed by atoms with E-state index in [0.717, 1.165) is 12.0 Å². The van der Waals surface area contributed by atoms with Crippen LogP contribution in [0.3, 0.4) is 0 Å². The molecule has 0 radical (unpaired) electrons. The van der Waals surface area contributed by atoms with Crippen molar-refractivity contribution in [3.63, 3.8) is 0 Å². The summed E-state index contributed by atoms with van der Waals surface area (Å²) in [6.45, 7) is 1.61. The zero-order valence-corrected chi connectivity index (χ0v) is 10.1. The zero-order chi connectivity index (χ0) is 12.5. The largest absolute Gasteiger partial charge is 0.394 e. The molecule has 0 spiro atoms. The van der Waals surface area contributed by atoms with Crippen LogP contribution in [0.2, 0.25) is 0 Å². The fraction of sp³-hybridized carbons (Fsp3) is 0.538. The van der Waals surface area contributed by atoms with Gasteiger partial charge in [0.05, 0.1) is 18.8 Å². The third-order valence-electron chi connectivity index (χ3n) is 3.48. The molecule has 4 heteroatoms. The molecule has 0 saturated heterocycles. The van der Waals surface area contributed by atoms with Crippen LogP contribution in [-0.2, 0) is 0 Å². The topological polar surface area (TPSA) is 78.5 Å². The zero-order valence-electron chi connectivity index (χ0n) is 10.1. The Bertz CT molecular complexity index is 391. The molecule has 0 bridgehead atoms. The normalized spacial score (nSPS) is 23.8. The van der Waals surface area contributed by atoms with Gasteiger partial charge in [-0.05, 0) is 24.5 Å². The van der Waals surface area contributed by atoms with E-state index in [0.29, 0.717) is 0 Å². The van der Waals surface area contributed by atoms with Gasteiger partial charge in [0.15, 0.2) is 0 Å². The minimum Gasteiger partial charge on any atom is -0.394 e. The van der Waals surface area contributed by atoms with Crippen molar-refractivity contribution in [2.75, 3.05) is 13.2 Å². The van der Waals surface area contributed by atoms with Crippen molar-refractivity contribution in [3.05, 3.63) is 35.4 Å². The molecular weight excluding hydrogens is 216 g/mol. The Kier molecular flexibility index (Phi) is 3.49. The van der Waals surface area contributed by atoms with Crippen molar-refractivity contribution in [2.24, 2.45) is 5.73 Å². The lowest BCUT2D eigenvalue weighted by Gasteiger charge is -2.30. The molecule has 17 heavy (non-hydrogen) atoms. The Balaban J connectivity index is 2.20. The average Bonchev–Trinajstić information content (AvgIpc) is 2.67. The lowest BCUT2D eigenvalue weighted by atomic mass is 10.0. The second-order valence-electron chi connectivity index (χ2n) is 5.04. The molecule has 2 rings (SSSR count). The van der Waals surface area contributed by atoms with Gasteiger partial charge in [-0.1, -0.05) is 24.3 Å². The molecule has 1 aliphatic rings. The van der Waals surface area contributed by atoms with E-state index in [2.05, 4.69) is 11.4 Å². The predicted molar refractivity (Wildman–Crippen MR) is 66.4 cm³/mol. The average molecular weight is 236 g/mol. The van der Waals surface area contributed by atoms with Crippen LogP contribution >= 0.6 is 0 Å². The maximum Gasteiger partial charge on any atom is 0.0633 e. The number of rotatable bonds is 4. The van der Waals surface area contributed by atoms with Crippen molar-refractivity contribution in [1.82, 2.24) is 5.32 Å². The van der Waals surface area contributed by atoms with E-state index in [-0.39, 0.29) is 25.3 Å². The molecule has 1 aromatic rings. The van der Waals surface area contributed by atoms with Crippen LogP contribution in [0.4, 0.5) is 0 Å².